The highest BCUT2D eigenvalue weighted by molar-refractivity contribution is 6.35. The van der Waals surface area contributed by atoms with Gasteiger partial charge in [-0.2, -0.15) is 0 Å². The molecule has 0 aliphatic carbocycles. The smallest absolute Gasteiger partial charge is 0.291 e. The summed E-state index contributed by atoms with van der Waals surface area (Å²) in [6.07, 6.45) is 0. The summed E-state index contributed by atoms with van der Waals surface area (Å²) in [4.78, 5) is 12.5. The first-order valence-electron chi connectivity index (χ1n) is 6.73. The molecule has 3 nitrogen and oxygen atoms in total. The number of fused-ring (bicyclic) bond motifs is 1. The molecule has 0 saturated heterocycles. The lowest BCUT2D eigenvalue weighted by Crippen LogP contribution is -2.13. The van der Waals surface area contributed by atoms with E-state index < -0.39 is 0 Å². The molecule has 2 aromatic carbocycles. The van der Waals surface area contributed by atoms with Crippen LogP contribution in [0.25, 0.3) is 11.0 Å². The summed E-state index contributed by atoms with van der Waals surface area (Å²) in [6, 6.07) is 10.8. The lowest BCUT2D eigenvalue weighted by atomic mass is 10.1. The maximum atomic E-state index is 12.5. The van der Waals surface area contributed by atoms with Crippen molar-refractivity contribution in [2.45, 2.75) is 13.8 Å². The van der Waals surface area contributed by atoms with Crippen molar-refractivity contribution in [3.63, 3.8) is 0 Å². The minimum Gasteiger partial charge on any atom is -0.449 e. The molecule has 0 unspecified atom stereocenters. The Kier molecular flexibility index (Phi) is 3.85. The largest absolute Gasteiger partial charge is 0.449 e. The summed E-state index contributed by atoms with van der Waals surface area (Å²) >= 11 is 12.2. The minimum atomic E-state index is -0.324. The average Bonchev–Trinajstić information content (AvgIpc) is 2.83. The van der Waals surface area contributed by atoms with Crippen LogP contribution >= 0.6 is 23.2 Å². The molecule has 22 heavy (non-hydrogen) atoms. The average molecular weight is 334 g/mol. The summed E-state index contributed by atoms with van der Waals surface area (Å²) in [5.74, 6) is -0.0717. The second kappa shape index (κ2) is 5.67. The SMILES string of the molecule is Cc1c(Cl)cccc1NC(=O)c1oc2c(Cl)cccc2c1C. The van der Waals surface area contributed by atoms with E-state index in [1.807, 2.05) is 26.0 Å². The van der Waals surface area contributed by atoms with Crippen molar-refractivity contribution in [1.82, 2.24) is 0 Å². The topological polar surface area (TPSA) is 42.2 Å². The summed E-state index contributed by atoms with van der Waals surface area (Å²) in [5.41, 5.74) is 2.75. The summed E-state index contributed by atoms with van der Waals surface area (Å²) in [6.45, 7) is 3.68. The van der Waals surface area contributed by atoms with Crippen LogP contribution in [0.2, 0.25) is 10.0 Å². The van der Waals surface area contributed by atoms with E-state index in [1.54, 1.807) is 24.3 Å². The van der Waals surface area contributed by atoms with Gasteiger partial charge in [-0.25, -0.2) is 0 Å². The number of benzene rings is 2. The Morgan fingerprint density at radius 1 is 1.00 bits per heavy atom. The molecule has 0 atom stereocenters. The lowest BCUT2D eigenvalue weighted by Gasteiger charge is -2.08. The standard InChI is InChI=1S/C17H13Cl2NO2/c1-9-11-5-3-7-13(19)16(11)22-15(9)17(21)20-14-8-4-6-12(18)10(14)2/h3-8H,1-2H3,(H,20,21). The first-order valence-corrected chi connectivity index (χ1v) is 7.48. The van der Waals surface area contributed by atoms with Crippen LogP contribution in [0.3, 0.4) is 0 Å². The van der Waals surface area contributed by atoms with Crippen LogP contribution in [0.15, 0.2) is 40.8 Å². The summed E-state index contributed by atoms with van der Waals surface area (Å²) < 4.78 is 5.66. The number of anilines is 1. The van der Waals surface area contributed by atoms with E-state index in [4.69, 9.17) is 27.6 Å². The number of furan rings is 1. The Morgan fingerprint density at radius 2 is 1.68 bits per heavy atom. The fourth-order valence-corrected chi connectivity index (χ4v) is 2.74. The monoisotopic (exact) mass is 333 g/mol. The molecular weight excluding hydrogens is 321 g/mol. The van der Waals surface area contributed by atoms with Gasteiger partial charge in [-0.15, -0.1) is 0 Å². The molecule has 5 heteroatoms. The fourth-order valence-electron chi connectivity index (χ4n) is 2.35. The van der Waals surface area contributed by atoms with E-state index in [0.717, 1.165) is 16.5 Å². The van der Waals surface area contributed by atoms with Crippen LogP contribution < -0.4 is 5.32 Å². The van der Waals surface area contributed by atoms with Gasteiger partial charge in [-0.1, -0.05) is 41.4 Å². The number of para-hydroxylation sites is 1. The van der Waals surface area contributed by atoms with Crippen LogP contribution in [0.4, 0.5) is 5.69 Å². The molecular formula is C17H13Cl2NO2. The molecule has 0 saturated carbocycles. The highest BCUT2D eigenvalue weighted by Gasteiger charge is 2.19. The summed E-state index contributed by atoms with van der Waals surface area (Å²) in [7, 11) is 0. The van der Waals surface area contributed by atoms with Gasteiger partial charge in [0, 0.05) is 21.7 Å². The molecule has 0 bridgehead atoms. The number of amides is 1. The second-order valence-electron chi connectivity index (χ2n) is 5.04. The van der Waals surface area contributed by atoms with Gasteiger partial charge in [0.2, 0.25) is 0 Å². The van der Waals surface area contributed by atoms with Gasteiger partial charge in [-0.05, 0) is 37.6 Å². The molecule has 112 valence electrons. The van der Waals surface area contributed by atoms with Gasteiger partial charge in [0.05, 0.1) is 5.02 Å². The number of halogens is 2. The maximum absolute atomic E-state index is 12.5. The molecule has 0 aliphatic rings. The number of carbonyl (C=O) groups excluding carboxylic acids is 1. The molecule has 1 heterocycles. The number of hydrogen-bond acceptors (Lipinski definition) is 2. The van der Waals surface area contributed by atoms with Crippen LogP contribution in [0.1, 0.15) is 21.7 Å². The molecule has 3 aromatic rings. The van der Waals surface area contributed by atoms with Crippen molar-refractivity contribution < 1.29 is 9.21 Å². The number of rotatable bonds is 2. The minimum absolute atomic E-state index is 0.252. The zero-order valence-corrected chi connectivity index (χ0v) is 13.5. The van der Waals surface area contributed by atoms with Crippen molar-refractivity contribution >= 4 is 45.8 Å². The third-order valence-electron chi connectivity index (χ3n) is 3.64. The Labute approximate surface area is 137 Å². The Morgan fingerprint density at radius 3 is 2.41 bits per heavy atom. The number of hydrogen-bond donors (Lipinski definition) is 1. The van der Waals surface area contributed by atoms with Gasteiger partial charge in [-0.3, -0.25) is 4.79 Å². The van der Waals surface area contributed by atoms with Crippen molar-refractivity contribution in [3.05, 3.63) is 63.3 Å². The van der Waals surface area contributed by atoms with E-state index in [2.05, 4.69) is 5.32 Å². The van der Waals surface area contributed by atoms with Crippen LogP contribution in [-0.2, 0) is 0 Å². The van der Waals surface area contributed by atoms with Crippen molar-refractivity contribution in [2.24, 2.45) is 0 Å². The van der Waals surface area contributed by atoms with E-state index in [-0.39, 0.29) is 11.7 Å². The zero-order chi connectivity index (χ0) is 15.9. The number of nitrogens with one attached hydrogen (secondary N) is 1. The van der Waals surface area contributed by atoms with Crippen molar-refractivity contribution in [2.75, 3.05) is 5.32 Å². The fraction of sp³-hybridized carbons (Fsp3) is 0.118. The van der Waals surface area contributed by atoms with Crippen LogP contribution in [0.5, 0.6) is 0 Å². The van der Waals surface area contributed by atoms with E-state index in [0.29, 0.717) is 21.3 Å². The predicted molar refractivity (Wildman–Crippen MR) is 90.1 cm³/mol. The van der Waals surface area contributed by atoms with Crippen LogP contribution in [-0.4, -0.2) is 5.91 Å². The Bertz CT molecular complexity index is 884. The highest BCUT2D eigenvalue weighted by atomic mass is 35.5. The molecule has 0 fully saturated rings. The normalized spacial score (nSPS) is 10.9. The molecule has 1 amide bonds. The third kappa shape index (κ3) is 2.47. The first kappa shape index (κ1) is 14.9. The van der Waals surface area contributed by atoms with Crippen molar-refractivity contribution in [3.8, 4) is 0 Å². The van der Waals surface area contributed by atoms with E-state index in [9.17, 15) is 4.79 Å². The Balaban J connectivity index is 2.01. The van der Waals surface area contributed by atoms with Crippen molar-refractivity contribution in [1.29, 1.82) is 0 Å². The predicted octanol–water partition coefficient (Wildman–Crippen LogP) is 5.61. The van der Waals surface area contributed by atoms with Gasteiger partial charge >= 0.3 is 0 Å². The molecule has 0 spiro atoms. The number of aryl methyl sites for hydroxylation is 1. The molecule has 1 aromatic heterocycles. The van der Waals surface area contributed by atoms with Gasteiger partial charge in [0.15, 0.2) is 11.3 Å². The molecule has 0 aliphatic heterocycles. The molecule has 1 N–H and O–H groups in total. The van der Waals surface area contributed by atoms with Gasteiger partial charge in [0.25, 0.3) is 5.91 Å². The van der Waals surface area contributed by atoms with Gasteiger partial charge < -0.3 is 9.73 Å². The quantitative estimate of drug-likeness (QED) is 0.662. The highest BCUT2D eigenvalue weighted by Crippen LogP contribution is 2.31. The molecule has 0 radical (unpaired) electrons. The second-order valence-corrected chi connectivity index (χ2v) is 5.85. The van der Waals surface area contributed by atoms with Crippen LogP contribution in [0, 0.1) is 13.8 Å². The maximum Gasteiger partial charge on any atom is 0.291 e. The zero-order valence-electron chi connectivity index (χ0n) is 12.0. The first-order chi connectivity index (χ1) is 10.5. The van der Waals surface area contributed by atoms with E-state index in [1.165, 1.54) is 0 Å². The third-order valence-corrected chi connectivity index (χ3v) is 4.34. The number of carbonyl (C=O) groups is 1. The molecule has 3 rings (SSSR count). The summed E-state index contributed by atoms with van der Waals surface area (Å²) in [5, 5.41) is 4.75. The van der Waals surface area contributed by atoms with Gasteiger partial charge in [0.1, 0.15) is 0 Å². The van der Waals surface area contributed by atoms with E-state index >= 15 is 0 Å². The lowest BCUT2D eigenvalue weighted by molar-refractivity contribution is 0.0998. The Hall–Kier alpha value is -1.97.